The van der Waals surface area contributed by atoms with Gasteiger partial charge in [-0.15, -0.1) is 0 Å². The zero-order chi connectivity index (χ0) is 33.5. The topological polar surface area (TPSA) is 0 Å². The molecule has 47 heavy (non-hydrogen) atoms. The Kier molecular flexibility index (Phi) is 6.95. The molecule has 1 saturated heterocycles. The summed E-state index contributed by atoms with van der Waals surface area (Å²) in [4.78, 5) is 0. The summed E-state index contributed by atoms with van der Waals surface area (Å²) < 4.78 is 6.92. The molecule has 4 aromatic carbocycles. The third-order valence-electron chi connectivity index (χ3n) is 14.5. The summed E-state index contributed by atoms with van der Waals surface area (Å²) >= 11 is -3.11. The van der Waals surface area contributed by atoms with E-state index in [2.05, 4.69) is 127 Å². The first-order valence-electron chi connectivity index (χ1n) is 18.1. The van der Waals surface area contributed by atoms with Crippen LogP contribution >= 0.6 is 0 Å². The van der Waals surface area contributed by atoms with Crippen molar-refractivity contribution in [3.05, 3.63) is 125 Å². The van der Waals surface area contributed by atoms with Gasteiger partial charge in [-0.05, 0) is 0 Å². The summed E-state index contributed by atoms with van der Waals surface area (Å²) in [6.45, 7) is 23.4. The van der Waals surface area contributed by atoms with Gasteiger partial charge in [0.15, 0.2) is 0 Å². The summed E-state index contributed by atoms with van der Waals surface area (Å²) in [7, 11) is 0. The molecule has 1 saturated carbocycles. The van der Waals surface area contributed by atoms with Gasteiger partial charge >= 0.3 is 290 Å². The van der Waals surface area contributed by atoms with Crippen molar-refractivity contribution >= 4 is 12.2 Å². The third kappa shape index (κ3) is 3.90. The first-order valence-corrected chi connectivity index (χ1v) is 29.4. The van der Waals surface area contributed by atoms with Crippen LogP contribution in [0, 0.1) is 74.7 Å². The molecule has 2 unspecified atom stereocenters. The molecule has 4 aromatic rings. The predicted molar refractivity (Wildman–Crippen MR) is 201 cm³/mol. The van der Waals surface area contributed by atoms with Gasteiger partial charge in [-0.2, -0.15) is 0 Å². The molecular weight excluding hydrogens is 731 g/mol. The molecule has 240 valence electrons. The molecule has 2 fully saturated rings. The summed E-state index contributed by atoms with van der Waals surface area (Å²) in [5, 5.41) is 0. The Labute approximate surface area is 288 Å². The minimum atomic E-state index is -3.11. The Morgan fingerprint density at radius 1 is 0.489 bits per heavy atom. The van der Waals surface area contributed by atoms with Crippen molar-refractivity contribution in [2.24, 2.45) is 5.41 Å². The minimum absolute atomic E-state index is 0.226. The van der Waals surface area contributed by atoms with E-state index in [-0.39, 0.29) is 5.41 Å². The van der Waals surface area contributed by atoms with Crippen molar-refractivity contribution < 1.29 is 20.0 Å². The quantitative estimate of drug-likeness (QED) is 0.178. The van der Waals surface area contributed by atoms with Crippen molar-refractivity contribution in [2.45, 2.75) is 105 Å². The molecule has 0 radical (unpaired) electrons. The molecule has 1 aliphatic heterocycles. The van der Waals surface area contributed by atoms with Gasteiger partial charge in [-0.3, -0.25) is 0 Å². The third-order valence-corrected chi connectivity index (χ3v) is 29.6. The summed E-state index contributed by atoms with van der Waals surface area (Å²) in [6, 6.07) is 14.7. The number of rotatable bonds is 2. The second-order valence-electron chi connectivity index (χ2n) is 16.4. The predicted octanol–water partition coefficient (Wildman–Crippen LogP) is 13.1. The molecule has 2 atom stereocenters. The van der Waals surface area contributed by atoms with E-state index in [0.29, 0.717) is 7.35 Å². The van der Waals surface area contributed by atoms with Gasteiger partial charge < -0.3 is 0 Å². The fourth-order valence-electron chi connectivity index (χ4n) is 10.9. The first-order chi connectivity index (χ1) is 22.2. The van der Waals surface area contributed by atoms with E-state index in [1.165, 1.54) is 97.2 Å². The van der Waals surface area contributed by atoms with Crippen LogP contribution in [-0.2, 0) is 20.0 Å². The fourth-order valence-corrected chi connectivity index (χ4v) is 28.0. The Morgan fingerprint density at radius 3 is 1.15 bits per heavy atom. The van der Waals surface area contributed by atoms with E-state index in [9.17, 15) is 0 Å². The molecule has 0 nitrogen and oxygen atoms in total. The van der Waals surface area contributed by atoms with Crippen LogP contribution < -0.4 is 0 Å². The van der Waals surface area contributed by atoms with Crippen molar-refractivity contribution in [3.63, 3.8) is 0 Å². The van der Waals surface area contributed by atoms with Crippen LogP contribution in [0.5, 0.6) is 0 Å². The van der Waals surface area contributed by atoms with Gasteiger partial charge in [-0.1, -0.05) is 0 Å². The average Bonchev–Trinajstić information content (AvgIpc) is 3.62. The summed E-state index contributed by atoms with van der Waals surface area (Å²) in [6.07, 6.45) is 9.48. The van der Waals surface area contributed by atoms with Crippen LogP contribution in [0.1, 0.15) is 104 Å². The molecule has 3 aliphatic carbocycles. The second kappa shape index (κ2) is 10.4. The van der Waals surface area contributed by atoms with Crippen LogP contribution in [0.25, 0.3) is 34.4 Å². The van der Waals surface area contributed by atoms with E-state index in [0.717, 1.165) is 0 Å². The molecule has 0 N–H and O–H groups in total. The average molecular weight is 783 g/mol. The van der Waals surface area contributed by atoms with E-state index in [1.807, 2.05) is 0 Å². The molecule has 1 heteroatoms. The number of fused-ring (bicyclic) bond motifs is 8. The molecule has 0 bridgehead atoms. The molecular formula is C46H52Hf. The molecule has 8 rings (SSSR count). The second-order valence-corrected chi connectivity index (χ2v) is 33.7. The van der Waals surface area contributed by atoms with E-state index in [4.69, 9.17) is 0 Å². The van der Waals surface area contributed by atoms with E-state index < -0.39 is 20.0 Å². The Bertz CT molecular complexity index is 1940. The molecule has 0 aromatic heterocycles. The Morgan fingerprint density at radius 2 is 0.830 bits per heavy atom. The Hall–Kier alpha value is -2.77. The van der Waals surface area contributed by atoms with Crippen molar-refractivity contribution in [2.75, 3.05) is 0 Å². The molecule has 4 aliphatic rings. The van der Waals surface area contributed by atoms with Crippen LogP contribution in [-0.4, -0.2) is 0 Å². The van der Waals surface area contributed by atoms with Crippen molar-refractivity contribution in [1.29, 1.82) is 0 Å². The van der Waals surface area contributed by atoms with Crippen LogP contribution in [0.15, 0.2) is 47.5 Å². The fraction of sp³-hybridized carbons (Fsp3) is 0.391. The molecule has 1 spiro atoms. The molecule has 1 heterocycles. The van der Waals surface area contributed by atoms with Crippen LogP contribution in [0.2, 0.25) is 9.36 Å². The van der Waals surface area contributed by atoms with Crippen LogP contribution in [0.3, 0.4) is 0 Å². The summed E-state index contributed by atoms with van der Waals surface area (Å²) in [5.74, 6) is 0. The van der Waals surface area contributed by atoms with Gasteiger partial charge in [0, 0.05) is 0 Å². The number of benzene rings is 4. The van der Waals surface area contributed by atoms with Gasteiger partial charge in [0.2, 0.25) is 0 Å². The number of hydrogen-bond acceptors (Lipinski definition) is 0. The van der Waals surface area contributed by atoms with Gasteiger partial charge in [0.05, 0.1) is 0 Å². The SMILES string of the molecule is Cc1c(C)c(C)c(-c2cccc3c2C=C2[CH]3[Hf]([CH3])([CH3])[CH]3C(=Cc4c(-c5c(C)c(C)c(C)c(C)c5C)cccc43)C23CCC3)c(C)c1C. The van der Waals surface area contributed by atoms with E-state index >= 15 is 0 Å². The first kappa shape index (κ1) is 31.5. The van der Waals surface area contributed by atoms with Gasteiger partial charge in [-0.25, -0.2) is 0 Å². The number of hydrogen-bond donors (Lipinski definition) is 0. The monoisotopic (exact) mass is 784 g/mol. The standard InChI is InChI=1S/C44H46.2CH3.Hf/c1-24-26(3)30(7)42(31(8)27(24)4)38-16-11-14-34-20-36(22-40(34)38)44(18-13-19-44)37-21-35-15-12-17-39(41(35)23-37)43-32(9)28(5)25(2)29(6)33(43)10;;;/h11-12,14-17,20-23H,13,18-19H2,1-10H3;2*1H3;. The zero-order valence-corrected chi connectivity index (χ0v) is 34.5. The van der Waals surface area contributed by atoms with Gasteiger partial charge in [0.1, 0.15) is 0 Å². The number of allylic oxidation sites excluding steroid dienone is 2. The van der Waals surface area contributed by atoms with Crippen molar-refractivity contribution in [3.8, 4) is 22.3 Å². The summed E-state index contributed by atoms with van der Waals surface area (Å²) in [5.41, 5.74) is 30.7. The van der Waals surface area contributed by atoms with E-state index in [1.54, 1.807) is 33.4 Å². The maximum atomic E-state index is 2.81. The van der Waals surface area contributed by atoms with Gasteiger partial charge in [0.25, 0.3) is 0 Å². The molecule has 0 amide bonds. The normalized spacial score (nSPS) is 21.1. The van der Waals surface area contributed by atoms with Crippen molar-refractivity contribution in [1.82, 2.24) is 0 Å². The maximum absolute atomic E-state index is 3.11. The Balaban J connectivity index is 1.36. The van der Waals surface area contributed by atoms with Crippen LogP contribution in [0.4, 0.5) is 0 Å². The zero-order valence-electron chi connectivity index (χ0n) is 30.9.